The number of pyridine rings is 1. The van der Waals surface area contributed by atoms with Crippen LogP contribution in [0.25, 0.3) is 10.6 Å². The van der Waals surface area contributed by atoms with Crippen LogP contribution in [0.2, 0.25) is 0 Å². The third-order valence-electron chi connectivity index (χ3n) is 5.02. The van der Waals surface area contributed by atoms with Gasteiger partial charge >= 0.3 is 12.3 Å². The Morgan fingerprint density at radius 1 is 1.24 bits per heavy atom. The monoisotopic (exact) mass is 506 g/mol. The lowest BCUT2D eigenvalue weighted by Crippen LogP contribution is -2.50. The fourth-order valence-corrected chi connectivity index (χ4v) is 4.19. The van der Waals surface area contributed by atoms with Gasteiger partial charge in [0.15, 0.2) is 5.82 Å². The molecule has 1 N–H and O–H groups in total. The van der Waals surface area contributed by atoms with E-state index in [-0.39, 0.29) is 40.6 Å². The first-order valence-corrected chi connectivity index (χ1v) is 11.1. The van der Waals surface area contributed by atoms with Crippen molar-refractivity contribution >= 4 is 23.3 Å². The van der Waals surface area contributed by atoms with Crippen LogP contribution >= 0.6 is 11.3 Å². The highest BCUT2D eigenvalue weighted by Gasteiger charge is 2.46. The highest BCUT2D eigenvalue weighted by molar-refractivity contribution is 7.15. The second-order valence-electron chi connectivity index (χ2n) is 8.80. The molecule has 3 heterocycles. The summed E-state index contributed by atoms with van der Waals surface area (Å²) in [6, 6.07) is -0.836. The van der Waals surface area contributed by atoms with Gasteiger partial charge in [-0.25, -0.2) is 18.6 Å². The molecule has 186 valence electrons. The SMILES string of the molecule is CC1C(F)CC(C(=O)NCc2cc(-c3ncc(C(F)(F)F)s3)c(F)cn2)N1C(=O)OC(C)(C)C. The molecule has 34 heavy (non-hydrogen) atoms. The topological polar surface area (TPSA) is 84.4 Å². The van der Waals surface area contributed by atoms with Crippen molar-refractivity contribution in [3.63, 3.8) is 0 Å². The number of likely N-dealkylation sites (tertiary alicyclic amines) is 1. The van der Waals surface area contributed by atoms with E-state index in [1.807, 2.05) is 0 Å². The summed E-state index contributed by atoms with van der Waals surface area (Å²) >= 11 is 0.278. The maximum atomic E-state index is 14.3. The maximum Gasteiger partial charge on any atom is 0.427 e. The predicted molar refractivity (Wildman–Crippen MR) is 113 cm³/mol. The Hall–Kier alpha value is -2.83. The third kappa shape index (κ3) is 5.80. The molecule has 13 heteroatoms. The molecule has 1 saturated heterocycles. The Morgan fingerprint density at radius 2 is 1.91 bits per heavy atom. The molecule has 0 aliphatic carbocycles. The zero-order valence-electron chi connectivity index (χ0n) is 18.7. The van der Waals surface area contributed by atoms with Crippen molar-refractivity contribution in [1.29, 1.82) is 0 Å². The number of carbonyl (C=O) groups is 2. The van der Waals surface area contributed by atoms with Crippen molar-refractivity contribution in [2.24, 2.45) is 0 Å². The number of amides is 2. The molecule has 2 amide bonds. The number of rotatable bonds is 4. The summed E-state index contributed by atoms with van der Waals surface area (Å²) in [5, 5.41) is 2.33. The Kier molecular flexibility index (Phi) is 7.15. The van der Waals surface area contributed by atoms with E-state index in [9.17, 15) is 31.5 Å². The molecule has 3 atom stereocenters. The van der Waals surface area contributed by atoms with Crippen LogP contribution in [-0.2, 0) is 22.3 Å². The van der Waals surface area contributed by atoms with Gasteiger partial charge < -0.3 is 10.1 Å². The van der Waals surface area contributed by atoms with E-state index < -0.39 is 52.7 Å². The number of hydrogen-bond acceptors (Lipinski definition) is 6. The van der Waals surface area contributed by atoms with Crippen molar-refractivity contribution in [2.75, 3.05) is 0 Å². The number of nitrogens with one attached hydrogen (secondary N) is 1. The van der Waals surface area contributed by atoms with Crippen LogP contribution in [0.4, 0.5) is 26.7 Å². The summed E-state index contributed by atoms with van der Waals surface area (Å²) in [6.07, 6.45) is -5.68. The van der Waals surface area contributed by atoms with E-state index in [4.69, 9.17) is 4.74 Å². The third-order valence-corrected chi connectivity index (χ3v) is 6.10. The smallest absolute Gasteiger partial charge is 0.427 e. The molecule has 1 aliphatic rings. The van der Waals surface area contributed by atoms with E-state index in [1.165, 1.54) is 13.0 Å². The molecule has 3 unspecified atom stereocenters. The van der Waals surface area contributed by atoms with E-state index in [0.717, 1.165) is 11.1 Å². The van der Waals surface area contributed by atoms with Gasteiger partial charge in [0.2, 0.25) is 5.91 Å². The Labute approximate surface area is 196 Å². The number of nitrogens with zero attached hydrogens (tertiary/aromatic N) is 3. The molecule has 0 bridgehead atoms. The van der Waals surface area contributed by atoms with Crippen LogP contribution in [0.1, 0.15) is 44.7 Å². The van der Waals surface area contributed by atoms with Crippen LogP contribution in [0.15, 0.2) is 18.5 Å². The molecule has 0 spiro atoms. The van der Waals surface area contributed by atoms with E-state index in [1.54, 1.807) is 20.8 Å². The molecular formula is C21H23F5N4O3S. The first kappa shape index (κ1) is 25.8. The lowest BCUT2D eigenvalue weighted by molar-refractivity contribution is -0.134. The van der Waals surface area contributed by atoms with Crippen molar-refractivity contribution in [2.45, 2.75) is 70.7 Å². The number of aromatic nitrogens is 2. The summed E-state index contributed by atoms with van der Waals surface area (Å²) < 4.78 is 72.4. The van der Waals surface area contributed by atoms with Crippen LogP contribution in [-0.4, -0.2) is 50.7 Å². The van der Waals surface area contributed by atoms with Gasteiger partial charge in [0.25, 0.3) is 0 Å². The van der Waals surface area contributed by atoms with Gasteiger partial charge in [-0.2, -0.15) is 13.2 Å². The van der Waals surface area contributed by atoms with Gasteiger partial charge in [-0.05, 0) is 33.8 Å². The summed E-state index contributed by atoms with van der Waals surface area (Å²) in [5.41, 5.74) is -0.906. The predicted octanol–water partition coefficient (Wildman–Crippen LogP) is 4.72. The maximum absolute atomic E-state index is 14.3. The summed E-state index contributed by atoms with van der Waals surface area (Å²) in [6.45, 7) is 6.18. The van der Waals surface area contributed by atoms with Crippen molar-refractivity contribution in [1.82, 2.24) is 20.2 Å². The second kappa shape index (κ2) is 9.43. The van der Waals surface area contributed by atoms with Gasteiger partial charge in [0.1, 0.15) is 27.7 Å². The molecular weight excluding hydrogens is 483 g/mol. The fourth-order valence-electron chi connectivity index (χ4n) is 3.39. The van der Waals surface area contributed by atoms with Crippen LogP contribution in [0, 0.1) is 5.82 Å². The molecule has 3 rings (SSSR count). The quantitative estimate of drug-likeness (QED) is 0.607. The first-order valence-electron chi connectivity index (χ1n) is 10.3. The Balaban J connectivity index is 1.73. The first-order chi connectivity index (χ1) is 15.7. The molecule has 2 aromatic heterocycles. The van der Waals surface area contributed by atoms with Gasteiger partial charge in [-0.1, -0.05) is 0 Å². The van der Waals surface area contributed by atoms with Crippen molar-refractivity contribution < 1.29 is 36.3 Å². The van der Waals surface area contributed by atoms with Crippen LogP contribution < -0.4 is 5.32 Å². The fraction of sp³-hybridized carbons (Fsp3) is 0.524. The summed E-state index contributed by atoms with van der Waals surface area (Å²) in [5.74, 6) is -1.54. The van der Waals surface area contributed by atoms with Crippen LogP contribution in [0.3, 0.4) is 0 Å². The van der Waals surface area contributed by atoms with Gasteiger partial charge in [0.05, 0.1) is 30.7 Å². The number of halogens is 5. The lowest BCUT2D eigenvalue weighted by Gasteiger charge is -2.30. The van der Waals surface area contributed by atoms with Crippen LogP contribution in [0.5, 0.6) is 0 Å². The highest BCUT2D eigenvalue weighted by atomic mass is 32.1. The molecule has 7 nitrogen and oxygen atoms in total. The zero-order chi connectivity index (χ0) is 25.4. The summed E-state index contributed by atoms with van der Waals surface area (Å²) in [4.78, 5) is 32.8. The number of carbonyl (C=O) groups excluding carboxylic acids is 2. The Bertz CT molecular complexity index is 1070. The molecule has 0 radical (unpaired) electrons. The number of hydrogen-bond donors (Lipinski definition) is 1. The number of alkyl halides is 4. The van der Waals surface area contributed by atoms with Crippen molar-refractivity contribution in [3.8, 4) is 10.6 Å². The van der Waals surface area contributed by atoms with E-state index in [0.29, 0.717) is 6.20 Å². The molecule has 1 aliphatic heterocycles. The molecule has 0 saturated carbocycles. The number of thiazole rings is 1. The summed E-state index contributed by atoms with van der Waals surface area (Å²) in [7, 11) is 0. The van der Waals surface area contributed by atoms with Gasteiger partial charge in [0, 0.05) is 12.0 Å². The minimum absolute atomic E-state index is 0.139. The van der Waals surface area contributed by atoms with Crippen molar-refractivity contribution in [3.05, 3.63) is 34.8 Å². The minimum Gasteiger partial charge on any atom is -0.444 e. The zero-order valence-corrected chi connectivity index (χ0v) is 19.6. The minimum atomic E-state index is -4.61. The molecule has 0 aromatic carbocycles. The second-order valence-corrected chi connectivity index (χ2v) is 9.83. The molecule has 1 fully saturated rings. The standard InChI is InChI=1S/C21H23F5N4O3S/c1-10-13(22)6-15(30(10)19(32)33-20(2,3)4)17(31)28-7-11-5-12(14(23)8-27-11)18-29-9-16(34-18)21(24,25)26/h5,8-10,13,15H,6-7H2,1-4H3,(H,28,31). The molecule has 2 aromatic rings. The van der Waals surface area contributed by atoms with Gasteiger partial charge in [-0.3, -0.25) is 14.7 Å². The van der Waals surface area contributed by atoms with Gasteiger partial charge in [-0.15, -0.1) is 11.3 Å². The average Bonchev–Trinajstić information content (AvgIpc) is 3.31. The lowest BCUT2D eigenvalue weighted by atomic mass is 10.1. The Morgan fingerprint density at radius 3 is 2.50 bits per heavy atom. The van der Waals surface area contributed by atoms with E-state index >= 15 is 0 Å². The largest absolute Gasteiger partial charge is 0.444 e. The van der Waals surface area contributed by atoms with E-state index in [2.05, 4.69) is 15.3 Å². The normalized spacial score (nSPS) is 21.0. The number of ether oxygens (including phenoxy) is 1. The highest BCUT2D eigenvalue weighted by Crippen LogP contribution is 2.37. The average molecular weight is 506 g/mol.